The number of esters is 1. The largest absolute Gasteiger partial charge is 0.462 e. The molecule has 0 aliphatic rings. The lowest BCUT2D eigenvalue weighted by atomic mass is 10.0. The first kappa shape index (κ1) is 61.0. The average molecular weight is 892 g/mol. The summed E-state index contributed by atoms with van der Waals surface area (Å²) in [7, 11) is 0. The van der Waals surface area contributed by atoms with Gasteiger partial charge in [-0.2, -0.15) is 0 Å². The molecule has 6 heteroatoms. The van der Waals surface area contributed by atoms with Gasteiger partial charge in [-0.1, -0.05) is 221 Å². The topological polar surface area (TPSA) is 95.9 Å². The van der Waals surface area contributed by atoms with Crippen LogP contribution in [0.3, 0.4) is 0 Å². The van der Waals surface area contributed by atoms with Crippen LogP contribution < -0.4 is 5.32 Å². The first-order valence-electron chi connectivity index (χ1n) is 26.8. The maximum Gasteiger partial charge on any atom is 0.306 e. The number of nitrogens with one attached hydrogen (secondary N) is 1. The third-order valence-corrected chi connectivity index (χ3v) is 11.7. The average Bonchev–Trinajstić information content (AvgIpc) is 3.29. The van der Waals surface area contributed by atoms with Crippen molar-refractivity contribution in [2.24, 2.45) is 0 Å². The zero-order valence-corrected chi connectivity index (χ0v) is 41.9. The van der Waals surface area contributed by atoms with Gasteiger partial charge in [0.2, 0.25) is 5.91 Å². The molecule has 0 fully saturated rings. The van der Waals surface area contributed by atoms with Gasteiger partial charge in [0.25, 0.3) is 0 Å². The van der Waals surface area contributed by atoms with Gasteiger partial charge in [-0.05, 0) is 96.3 Å². The van der Waals surface area contributed by atoms with Crippen LogP contribution in [0, 0.1) is 0 Å². The van der Waals surface area contributed by atoms with E-state index in [0.29, 0.717) is 19.3 Å². The van der Waals surface area contributed by atoms with Crippen LogP contribution >= 0.6 is 0 Å². The number of rotatable bonds is 47. The molecule has 0 radical (unpaired) electrons. The van der Waals surface area contributed by atoms with Crippen LogP contribution in [0.25, 0.3) is 0 Å². The second kappa shape index (κ2) is 51.0. The van der Waals surface area contributed by atoms with Gasteiger partial charge < -0.3 is 20.3 Å². The van der Waals surface area contributed by atoms with Crippen molar-refractivity contribution in [2.45, 2.75) is 264 Å². The summed E-state index contributed by atoms with van der Waals surface area (Å²) in [6.45, 7) is 6.33. The summed E-state index contributed by atoms with van der Waals surface area (Å²) in [6.07, 6.45) is 66.4. The molecule has 3 atom stereocenters. The van der Waals surface area contributed by atoms with E-state index in [4.69, 9.17) is 4.74 Å². The highest BCUT2D eigenvalue weighted by atomic mass is 16.5. The normalized spacial score (nSPS) is 13.9. The molecule has 0 aromatic rings. The number of hydrogen-bond donors (Lipinski definition) is 3. The summed E-state index contributed by atoms with van der Waals surface area (Å²) in [6, 6.07) is -0.719. The van der Waals surface area contributed by atoms with E-state index in [1.54, 1.807) is 0 Å². The lowest BCUT2D eigenvalue weighted by Crippen LogP contribution is -2.46. The van der Waals surface area contributed by atoms with E-state index in [1.165, 1.54) is 83.5 Å². The molecule has 3 N–H and O–H groups in total. The molecule has 0 saturated carbocycles. The number of aliphatic hydroxyl groups excluding tert-OH is 2. The van der Waals surface area contributed by atoms with Gasteiger partial charge in [0, 0.05) is 6.42 Å². The zero-order valence-electron chi connectivity index (χ0n) is 41.9. The summed E-state index contributed by atoms with van der Waals surface area (Å²) >= 11 is 0. The minimum atomic E-state index is -0.803. The van der Waals surface area contributed by atoms with Crippen molar-refractivity contribution >= 4 is 11.9 Å². The van der Waals surface area contributed by atoms with Crippen molar-refractivity contribution in [3.8, 4) is 0 Å². The van der Waals surface area contributed by atoms with E-state index in [-0.39, 0.29) is 24.9 Å². The van der Waals surface area contributed by atoms with E-state index >= 15 is 0 Å². The zero-order chi connectivity index (χ0) is 46.7. The molecule has 3 unspecified atom stereocenters. The molecule has 0 saturated heterocycles. The Morgan fingerprint density at radius 2 is 0.891 bits per heavy atom. The van der Waals surface area contributed by atoms with Gasteiger partial charge in [-0.25, -0.2) is 0 Å². The number of unbranched alkanes of at least 4 members (excludes halogenated alkanes) is 22. The maximum atomic E-state index is 13.2. The Labute approximate surface area is 395 Å². The first-order valence-corrected chi connectivity index (χ1v) is 26.8. The standard InChI is InChI=1S/C58H101NO5/c1-4-7-10-13-16-19-22-25-26-27-28-29-30-33-36-39-42-45-48-51-58(63)64-54(49-46-43-40-37-34-31-23-20-17-14-11-8-5-2)52-57(62)59-55(53-60)56(61)50-47-44-41-38-35-32-24-21-18-15-12-9-6-3/h7,10,16-17,19-20,23,25-26,28-29,31,33,36,54-56,60-61H,4-6,8-9,11-15,18,21-22,24,27,30,32,34-35,37-53H2,1-3H3,(H,59,62)/b10-7-,19-16-,20-17+,26-25-,29-28-,31-23+,36-33-. The van der Waals surface area contributed by atoms with Crippen LogP contribution in [0.15, 0.2) is 85.1 Å². The van der Waals surface area contributed by atoms with Crippen molar-refractivity contribution in [3.05, 3.63) is 85.1 Å². The molecule has 0 rings (SSSR count). The lowest BCUT2D eigenvalue weighted by Gasteiger charge is -2.24. The fourth-order valence-electron chi connectivity index (χ4n) is 7.68. The van der Waals surface area contributed by atoms with Crippen LogP contribution in [0.4, 0.5) is 0 Å². The molecule has 0 bridgehead atoms. The van der Waals surface area contributed by atoms with Gasteiger partial charge in [0.05, 0.1) is 25.2 Å². The summed E-state index contributed by atoms with van der Waals surface area (Å²) in [4.78, 5) is 26.2. The molecule has 64 heavy (non-hydrogen) atoms. The van der Waals surface area contributed by atoms with E-state index in [0.717, 1.165) is 116 Å². The van der Waals surface area contributed by atoms with Gasteiger partial charge in [-0.15, -0.1) is 0 Å². The Hall–Kier alpha value is -2.96. The predicted octanol–water partition coefficient (Wildman–Crippen LogP) is 16.3. The highest BCUT2D eigenvalue weighted by Crippen LogP contribution is 2.17. The van der Waals surface area contributed by atoms with Crippen LogP contribution in [0.2, 0.25) is 0 Å². The van der Waals surface area contributed by atoms with E-state index in [2.05, 4.69) is 111 Å². The highest BCUT2D eigenvalue weighted by Gasteiger charge is 2.24. The minimum Gasteiger partial charge on any atom is -0.462 e. The second-order valence-electron chi connectivity index (χ2n) is 17.9. The fourth-order valence-corrected chi connectivity index (χ4v) is 7.68. The quantitative estimate of drug-likeness (QED) is 0.0245. The molecule has 368 valence electrons. The Morgan fingerprint density at radius 3 is 1.41 bits per heavy atom. The van der Waals surface area contributed by atoms with E-state index in [9.17, 15) is 19.8 Å². The number of ether oxygens (including phenoxy) is 1. The molecule has 6 nitrogen and oxygen atoms in total. The first-order chi connectivity index (χ1) is 31.5. The van der Waals surface area contributed by atoms with E-state index in [1.807, 2.05) is 0 Å². The number of carbonyl (C=O) groups is 2. The Balaban J connectivity index is 4.65. The van der Waals surface area contributed by atoms with E-state index < -0.39 is 18.2 Å². The minimum absolute atomic E-state index is 0.0467. The predicted molar refractivity (Wildman–Crippen MR) is 278 cm³/mol. The number of aliphatic hydroxyl groups is 2. The summed E-state index contributed by atoms with van der Waals surface area (Å²) in [5, 5.41) is 23.8. The number of allylic oxidation sites excluding steroid dienone is 14. The van der Waals surface area contributed by atoms with Crippen LogP contribution in [-0.4, -0.2) is 46.9 Å². The smallest absolute Gasteiger partial charge is 0.306 e. The number of carbonyl (C=O) groups excluding carboxylic acids is 2. The van der Waals surface area contributed by atoms with Gasteiger partial charge in [0.15, 0.2) is 0 Å². The fraction of sp³-hybridized carbons (Fsp3) is 0.724. The highest BCUT2D eigenvalue weighted by molar-refractivity contribution is 5.77. The summed E-state index contributed by atoms with van der Waals surface area (Å²) < 4.78 is 5.92. The van der Waals surface area contributed by atoms with Crippen molar-refractivity contribution in [3.63, 3.8) is 0 Å². The van der Waals surface area contributed by atoms with Crippen molar-refractivity contribution < 1.29 is 24.5 Å². The molecular formula is C58H101NO5. The molecule has 0 heterocycles. The summed E-state index contributed by atoms with van der Waals surface area (Å²) in [5.74, 6) is -0.534. The molecule has 0 aliphatic carbocycles. The van der Waals surface area contributed by atoms with Crippen LogP contribution in [-0.2, 0) is 14.3 Å². The Morgan fingerprint density at radius 1 is 0.484 bits per heavy atom. The Kier molecular flexibility index (Phi) is 48.7. The maximum absolute atomic E-state index is 13.2. The molecule has 1 amide bonds. The van der Waals surface area contributed by atoms with Crippen LogP contribution in [0.5, 0.6) is 0 Å². The summed E-state index contributed by atoms with van der Waals surface area (Å²) in [5.41, 5.74) is 0. The lowest BCUT2D eigenvalue weighted by molar-refractivity contribution is -0.151. The third-order valence-electron chi connectivity index (χ3n) is 11.7. The van der Waals surface area contributed by atoms with Gasteiger partial charge >= 0.3 is 5.97 Å². The van der Waals surface area contributed by atoms with Gasteiger partial charge in [0.1, 0.15) is 6.10 Å². The molecule has 0 spiro atoms. The van der Waals surface area contributed by atoms with Crippen molar-refractivity contribution in [1.29, 1.82) is 0 Å². The number of amides is 1. The molecule has 0 aliphatic heterocycles. The van der Waals surface area contributed by atoms with Crippen molar-refractivity contribution in [2.75, 3.05) is 6.61 Å². The molecular weight excluding hydrogens is 791 g/mol. The van der Waals surface area contributed by atoms with Crippen LogP contribution in [0.1, 0.15) is 245 Å². The number of hydrogen-bond acceptors (Lipinski definition) is 5. The Bertz CT molecular complexity index is 1230. The molecule has 0 aromatic heterocycles. The monoisotopic (exact) mass is 892 g/mol. The third kappa shape index (κ3) is 45.6. The molecule has 0 aromatic carbocycles. The van der Waals surface area contributed by atoms with Gasteiger partial charge in [-0.3, -0.25) is 9.59 Å². The SMILES string of the molecule is CC/C=C\C/C=C\C/C=C\C/C=C\C/C=C\CCCCCC(=O)OC(CCCCCC/C=C/C=C/CCCCC)CC(=O)NC(CO)C(O)CCCCCCCCCCCCCCC. The second-order valence-corrected chi connectivity index (χ2v) is 17.9. The van der Waals surface area contributed by atoms with Crippen molar-refractivity contribution in [1.82, 2.24) is 5.32 Å².